The highest BCUT2D eigenvalue weighted by molar-refractivity contribution is 8.14. The molecule has 0 amide bonds. The van der Waals surface area contributed by atoms with Crippen molar-refractivity contribution in [3.8, 4) is 0 Å². The van der Waals surface area contributed by atoms with Crippen LogP contribution in [-0.4, -0.2) is 73.2 Å². The smallest absolute Gasteiger partial charge is 0.161 e. The van der Waals surface area contributed by atoms with E-state index in [9.17, 15) is 0 Å². The number of nitrogens with zero attached hydrogens (tertiary/aromatic N) is 2. The Balaban J connectivity index is 2.19. The maximum Gasteiger partial charge on any atom is 0.161 e. The summed E-state index contributed by atoms with van der Waals surface area (Å²) in [6.45, 7) is 7.75. The van der Waals surface area contributed by atoms with Gasteiger partial charge in [-0.3, -0.25) is 4.99 Å². The molecule has 1 fully saturated rings. The quantitative estimate of drug-likeness (QED) is 0.626. The number of nitrogens with two attached hydrogens (primary N) is 1. The number of rotatable bonds is 9. The van der Waals surface area contributed by atoms with Gasteiger partial charge in [-0.15, -0.1) is 0 Å². The number of aliphatic imine (C=N–C) groups is 1. The number of fused-ring (bicyclic) bond motifs is 1. The van der Waals surface area contributed by atoms with Crippen molar-refractivity contribution >= 4 is 16.9 Å². The molecule has 6 nitrogen and oxygen atoms in total. The van der Waals surface area contributed by atoms with Crippen LogP contribution in [0.1, 0.15) is 46.5 Å². The first-order valence-electron chi connectivity index (χ1n) is 9.55. The van der Waals surface area contributed by atoms with E-state index in [4.69, 9.17) is 24.9 Å². The van der Waals surface area contributed by atoms with Crippen molar-refractivity contribution in [2.24, 2.45) is 10.7 Å². The zero-order chi connectivity index (χ0) is 18.4. The van der Waals surface area contributed by atoms with E-state index in [0.717, 1.165) is 37.5 Å². The fourth-order valence-electron chi connectivity index (χ4n) is 3.10. The van der Waals surface area contributed by atoms with Gasteiger partial charge in [-0.25, -0.2) is 0 Å². The minimum absolute atomic E-state index is 0.0408. The summed E-state index contributed by atoms with van der Waals surface area (Å²) in [6.07, 6.45) is 3.82. The number of thioether (sulfide) groups is 1. The molecule has 2 unspecified atom stereocenters. The van der Waals surface area contributed by atoms with Crippen LogP contribution in [0.4, 0.5) is 0 Å². The molecular weight excluding hydrogens is 338 g/mol. The molecule has 0 radical (unpaired) electrons. The van der Waals surface area contributed by atoms with Crippen molar-refractivity contribution in [3.63, 3.8) is 0 Å². The highest BCUT2D eigenvalue weighted by Gasteiger charge is 2.51. The summed E-state index contributed by atoms with van der Waals surface area (Å²) in [5.74, 6) is 0. The van der Waals surface area contributed by atoms with Gasteiger partial charge in [0.15, 0.2) is 5.17 Å². The van der Waals surface area contributed by atoms with Crippen molar-refractivity contribution in [2.75, 3.05) is 27.3 Å². The lowest BCUT2D eigenvalue weighted by Crippen LogP contribution is -2.61. The zero-order valence-corrected chi connectivity index (χ0v) is 17.1. The predicted octanol–water partition coefficient (Wildman–Crippen LogP) is 2.46. The van der Waals surface area contributed by atoms with E-state index in [1.165, 1.54) is 0 Å². The summed E-state index contributed by atoms with van der Waals surface area (Å²) in [4.78, 5) is 6.91. The molecule has 0 aromatic heterocycles. The fraction of sp³-hybridized carbons (Fsp3) is 0.944. The molecule has 25 heavy (non-hydrogen) atoms. The second kappa shape index (κ2) is 10.1. The normalized spacial score (nSPS) is 33.0. The average molecular weight is 374 g/mol. The fourth-order valence-corrected chi connectivity index (χ4v) is 4.24. The van der Waals surface area contributed by atoms with Crippen molar-refractivity contribution in [2.45, 2.75) is 82.3 Å². The van der Waals surface area contributed by atoms with E-state index < -0.39 is 0 Å². The molecule has 0 aromatic rings. The van der Waals surface area contributed by atoms with Gasteiger partial charge in [-0.2, -0.15) is 0 Å². The lowest BCUT2D eigenvalue weighted by Gasteiger charge is -2.44. The van der Waals surface area contributed by atoms with E-state index in [1.807, 2.05) is 25.9 Å². The molecule has 0 bridgehead atoms. The summed E-state index contributed by atoms with van der Waals surface area (Å²) in [7, 11) is 4.02. The summed E-state index contributed by atoms with van der Waals surface area (Å²) in [6, 6.07) is -0.158. The van der Waals surface area contributed by atoms with Crippen LogP contribution in [0.5, 0.6) is 0 Å². The lowest BCUT2D eigenvalue weighted by molar-refractivity contribution is -0.195. The van der Waals surface area contributed by atoms with Gasteiger partial charge in [0, 0.05) is 33.4 Å². The van der Waals surface area contributed by atoms with Crippen LogP contribution >= 0.6 is 11.8 Å². The first kappa shape index (κ1) is 21.0. The zero-order valence-electron chi connectivity index (χ0n) is 16.3. The van der Waals surface area contributed by atoms with E-state index in [2.05, 4.69) is 13.8 Å². The molecule has 2 rings (SSSR count). The van der Waals surface area contributed by atoms with Gasteiger partial charge in [0.1, 0.15) is 29.8 Å². The molecule has 0 aliphatic carbocycles. The molecule has 7 heteroatoms. The Morgan fingerprint density at radius 3 is 2.28 bits per heavy atom. The summed E-state index contributed by atoms with van der Waals surface area (Å²) < 4.78 is 18.8. The Bertz CT molecular complexity index is 434. The molecule has 0 spiro atoms. The van der Waals surface area contributed by atoms with E-state index in [1.54, 1.807) is 11.8 Å². The third-order valence-corrected chi connectivity index (χ3v) is 5.86. The van der Waals surface area contributed by atoms with Crippen LogP contribution in [0, 0.1) is 0 Å². The monoisotopic (exact) mass is 373 g/mol. The van der Waals surface area contributed by atoms with Gasteiger partial charge in [-0.05, 0) is 19.8 Å². The van der Waals surface area contributed by atoms with E-state index in [-0.39, 0.29) is 35.8 Å². The largest absolute Gasteiger partial charge is 0.373 e. The Hall–Kier alpha value is -0.340. The van der Waals surface area contributed by atoms with Crippen LogP contribution in [0.2, 0.25) is 0 Å². The molecule has 0 saturated carbocycles. The Morgan fingerprint density at radius 2 is 1.76 bits per heavy atom. The van der Waals surface area contributed by atoms with Crippen LogP contribution in [0.25, 0.3) is 0 Å². The second-order valence-corrected chi connectivity index (χ2v) is 8.19. The van der Waals surface area contributed by atoms with Gasteiger partial charge < -0.3 is 24.8 Å². The molecule has 0 aromatic carbocycles. The standard InChI is InChI=1S/C18H35N3O3S/c1-6-8-10-22-15-13-17(25-18(20-13)21(4)5)24-14(12(3)19)16(15)23-11-9-7-2/h12-17H,6-11,19H2,1-5H3/t12?,13-,14?,15-,16-,17-/m1/s1. The van der Waals surface area contributed by atoms with Crippen molar-refractivity contribution in [1.82, 2.24) is 4.90 Å². The van der Waals surface area contributed by atoms with E-state index in [0.29, 0.717) is 6.61 Å². The van der Waals surface area contributed by atoms with Gasteiger partial charge in [0.25, 0.3) is 0 Å². The summed E-state index contributed by atoms with van der Waals surface area (Å²) in [5, 5.41) is 0.983. The SMILES string of the molecule is CCCCO[C@@H]1[C@H]2N=C(N(C)C)S[C@H]2OC(C(C)N)[C@H]1OCCCC. The van der Waals surface area contributed by atoms with Crippen molar-refractivity contribution in [3.05, 3.63) is 0 Å². The van der Waals surface area contributed by atoms with E-state index >= 15 is 0 Å². The van der Waals surface area contributed by atoms with Crippen molar-refractivity contribution in [1.29, 1.82) is 0 Å². The van der Waals surface area contributed by atoms with Crippen LogP contribution < -0.4 is 5.73 Å². The van der Waals surface area contributed by atoms with Gasteiger partial charge in [0.05, 0.1) is 0 Å². The molecule has 1 saturated heterocycles. The number of hydrogen-bond acceptors (Lipinski definition) is 7. The third kappa shape index (κ3) is 5.32. The molecule has 2 N–H and O–H groups in total. The highest BCUT2D eigenvalue weighted by Crippen LogP contribution is 2.39. The lowest BCUT2D eigenvalue weighted by atomic mass is 9.94. The Labute approximate surface area is 156 Å². The molecule has 146 valence electrons. The number of unbranched alkanes of at least 4 members (excludes halogenated alkanes) is 2. The molecule has 6 atom stereocenters. The van der Waals surface area contributed by atoms with Crippen LogP contribution in [-0.2, 0) is 14.2 Å². The molecule has 2 aliphatic heterocycles. The van der Waals surface area contributed by atoms with Gasteiger partial charge in [0.2, 0.25) is 0 Å². The number of hydrogen-bond donors (Lipinski definition) is 1. The Kier molecular flexibility index (Phi) is 8.48. The van der Waals surface area contributed by atoms with Crippen molar-refractivity contribution < 1.29 is 14.2 Å². The Morgan fingerprint density at radius 1 is 1.16 bits per heavy atom. The number of ether oxygens (including phenoxy) is 3. The second-order valence-electron chi connectivity index (χ2n) is 7.12. The minimum Gasteiger partial charge on any atom is -0.373 e. The molecule has 2 heterocycles. The third-order valence-electron chi connectivity index (χ3n) is 4.55. The first-order valence-corrected chi connectivity index (χ1v) is 10.4. The van der Waals surface area contributed by atoms with Crippen LogP contribution in [0.3, 0.4) is 0 Å². The maximum absolute atomic E-state index is 6.32. The summed E-state index contributed by atoms with van der Waals surface area (Å²) >= 11 is 1.66. The predicted molar refractivity (Wildman–Crippen MR) is 104 cm³/mol. The number of amidine groups is 1. The maximum atomic E-state index is 6.32. The van der Waals surface area contributed by atoms with Crippen LogP contribution in [0.15, 0.2) is 4.99 Å². The average Bonchev–Trinajstić information content (AvgIpc) is 3.00. The van der Waals surface area contributed by atoms with Gasteiger partial charge >= 0.3 is 0 Å². The molecule has 2 aliphatic rings. The highest BCUT2D eigenvalue weighted by atomic mass is 32.2. The first-order chi connectivity index (χ1) is 12.0. The topological polar surface area (TPSA) is 69.3 Å². The van der Waals surface area contributed by atoms with Gasteiger partial charge in [-0.1, -0.05) is 38.5 Å². The summed E-state index contributed by atoms with van der Waals surface area (Å²) in [5.41, 5.74) is 6.19. The molecular formula is C18H35N3O3S. The minimum atomic E-state index is -0.172.